The number of nitrogens with zero attached hydrogens (tertiary/aromatic N) is 1. The topological polar surface area (TPSA) is 70.0 Å². The van der Waals surface area contributed by atoms with Crippen LogP contribution in [-0.2, 0) is 10.0 Å². The first-order valence-electron chi connectivity index (χ1n) is 6.87. The monoisotopic (exact) mass is 294 g/mol. The number of nitriles is 1. The lowest BCUT2D eigenvalue weighted by Gasteiger charge is -2.14. The average molecular weight is 294 g/mol. The molecule has 0 saturated carbocycles. The maximum atomic E-state index is 12.1. The van der Waals surface area contributed by atoms with Crippen LogP contribution in [0.4, 0.5) is 0 Å². The molecular weight excluding hydrogens is 272 g/mol. The quantitative estimate of drug-likeness (QED) is 0.840. The Morgan fingerprint density at radius 2 is 1.75 bits per heavy atom. The van der Waals surface area contributed by atoms with E-state index in [1.54, 1.807) is 0 Å². The molecule has 1 atom stereocenters. The van der Waals surface area contributed by atoms with Gasteiger partial charge in [-0.15, -0.1) is 0 Å². The van der Waals surface area contributed by atoms with Gasteiger partial charge in [-0.05, 0) is 43.5 Å². The highest BCUT2D eigenvalue weighted by atomic mass is 32.2. The zero-order valence-corrected chi connectivity index (χ0v) is 13.1. The van der Waals surface area contributed by atoms with Gasteiger partial charge in [0.25, 0.3) is 0 Å². The predicted molar refractivity (Wildman–Crippen MR) is 79.6 cm³/mol. The molecule has 1 aromatic rings. The number of sulfonamides is 1. The molecule has 0 aliphatic heterocycles. The SMILES string of the molecule is CC(C)CCC[C@@H](C)NS(=O)(=O)c1ccc(C#N)cc1. The van der Waals surface area contributed by atoms with Crippen molar-refractivity contribution in [1.82, 2.24) is 4.72 Å². The second-order valence-corrected chi connectivity index (χ2v) is 7.20. The minimum atomic E-state index is -3.49. The van der Waals surface area contributed by atoms with Gasteiger partial charge in [0.15, 0.2) is 0 Å². The Hall–Kier alpha value is -1.38. The standard InChI is InChI=1S/C15H22N2O2S/c1-12(2)5-4-6-13(3)17-20(18,19)15-9-7-14(11-16)8-10-15/h7-10,12-13,17H,4-6H2,1-3H3/t13-/m1/s1. The van der Waals surface area contributed by atoms with Gasteiger partial charge >= 0.3 is 0 Å². The summed E-state index contributed by atoms with van der Waals surface area (Å²) in [6.07, 6.45) is 2.94. The second-order valence-electron chi connectivity index (χ2n) is 5.48. The summed E-state index contributed by atoms with van der Waals surface area (Å²) in [5, 5.41) is 8.70. The lowest BCUT2D eigenvalue weighted by atomic mass is 10.0. The van der Waals surface area contributed by atoms with Crippen LogP contribution in [0, 0.1) is 17.2 Å². The minimum Gasteiger partial charge on any atom is -0.208 e. The smallest absolute Gasteiger partial charge is 0.208 e. The molecule has 0 radical (unpaired) electrons. The molecule has 5 heteroatoms. The molecule has 0 unspecified atom stereocenters. The van der Waals surface area contributed by atoms with Crippen molar-refractivity contribution in [3.63, 3.8) is 0 Å². The Labute approximate surface area is 121 Å². The molecule has 0 spiro atoms. The van der Waals surface area contributed by atoms with Crippen molar-refractivity contribution in [2.24, 2.45) is 5.92 Å². The fraction of sp³-hybridized carbons (Fsp3) is 0.533. The summed E-state index contributed by atoms with van der Waals surface area (Å²) in [6.45, 7) is 6.19. The molecule has 1 N–H and O–H groups in total. The van der Waals surface area contributed by atoms with Crippen molar-refractivity contribution >= 4 is 10.0 Å². The lowest BCUT2D eigenvalue weighted by Crippen LogP contribution is -2.32. The van der Waals surface area contributed by atoms with Crippen LogP contribution in [-0.4, -0.2) is 14.5 Å². The Bertz CT molecular complexity index is 557. The first-order chi connectivity index (χ1) is 9.35. The molecule has 0 saturated heterocycles. The van der Waals surface area contributed by atoms with Crippen molar-refractivity contribution in [2.75, 3.05) is 0 Å². The van der Waals surface area contributed by atoms with E-state index < -0.39 is 10.0 Å². The van der Waals surface area contributed by atoms with Crippen LogP contribution in [0.1, 0.15) is 45.6 Å². The molecule has 0 amide bonds. The molecule has 110 valence electrons. The summed E-state index contributed by atoms with van der Waals surface area (Å²) in [5.41, 5.74) is 0.453. The molecule has 1 aromatic carbocycles. The van der Waals surface area contributed by atoms with E-state index in [0.717, 1.165) is 19.3 Å². The van der Waals surface area contributed by atoms with E-state index in [4.69, 9.17) is 5.26 Å². The highest BCUT2D eigenvalue weighted by Gasteiger charge is 2.17. The maximum absolute atomic E-state index is 12.1. The van der Waals surface area contributed by atoms with Gasteiger partial charge < -0.3 is 0 Å². The normalized spacial score (nSPS) is 13.2. The van der Waals surface area contributed by atoms with Crippen molar-refractivity contribution in [2.45, 2.75) is 51.0 Å². The summed E-state index contributed by atoms with van der Waals surface area (Å²) < 4.78 is 27.0. The maximum Gasteiger partial charge on any atom is 0.240 e. The third-order valence-electron chi connectivity index (χ3n) is 3.07. The molecule has 0 bridgehead atoms. The molecule has 0 aliphatic carbocycles. The zero-order valence-electron chi connectivity index (χ0n) is 12.3. The van der Waals surface area contributed by atoms with Gasteiger partial charge in [-0.3, -0.25) is 0 Å². The Balaban J connectivity index is 2.62. The number of nitrogens with one attached hydrogen (secondary N) is 1. The van der Waals surface area contributed by atoms with Crippen LogP contribution >= 0.6 is 0 Å². The van der Waals surface area contributed by atoms with Crippen molar-refractivity contribution in [1.29, 1.82) is 5.26 Å². The molecule has 1 rings (SSSR count). The zero-order chi connectivity index (χ0) is 15.2. The summed E-state index contributed by atoms with van der Waals surface area (Å²) in [4.78, 5) is 0.201. The van der Waals surface area contributed by atoms with E-state index in [-0.39, 0.29) is 10.9 Å². The van der Waals surface area contributed by atoms with Crippen molar-refractivity contribution < 1.29 is 8.42 Å². The molecule has 0 aliphatic rings. The number of benzene rings is 1. The van der Waals surface area contributed by atoms with Gasteiger partial charge in [-0.25, -0.2) is 13.1 Å². The van der Waals surface area contributed by atoms with Crippen LogP contribution < -0.4 is 4.72 Å². The average Bonchev–Trinajstić information content (AvgIpc) is 2.37. The fourth-order valence-corrected chi connectivity index (χ4v) is 3.21. The van der Waals surface area contributed by atoms with Gasteiger partial charge in [0.05, 0.1) is 16.5 Å². The first-order valence-corrected chi connectivity index (χ1v) is 8.36. The van der Waals surface area contributed by atoms with E-state index in [1.165, 1.54) is 24.3 Å². The Kier molecular flexibility index (Phi) is 6.18. The van der Waals surface area contributed by atoms with E-state index in [9.17, 15) is 8.42 Å². The fourth-order valence-electron chi connectivity index (χ4n) is 1.93. The largest absolute Gasteiger partial charge is 0.240 e. The molecule has 20 heavy (non-hydrogen) atoms. The van der Waals surface area contributed by atoms with E-state index in [1.807, 2.05) is 13.0 Å². The summed E-state index contributed by atoms with van der Waals surface area (Å²) in [5.74, 6) is 0.636. The van der Waals surface area contributed by atoms with Crippen molar-refractivity contribution in [3.8, 4) is 6.07 Å². The lowest BCUT2D eigenvalue weighted by molar-refractivity contribution is 0.488. The third-order valence-corrected chi connectivity index (χ3v) is 4.67. The molecule has 0 heterocycles. The van der Waals surface area contributed by atoms with Gasteiger partial charge in [-0.2, -0.15) is 5.26 Å². The van der Waals surface area contributed by atoms with E-state index in [2.05, 4.69) is 18.6 Å². The highest BCUT2D eigenvalue weighted by Crippen LogP contribution is 2.13. The van der Waals surface area contributed by atoms with Crippen LogP contribution in [0.3, 0.4) is 0 Å². The molecule has 0 aromatic heterocycles. The first kappa shape index (κ1) is 16.7. The van der Waals surface area contributed by atoms with Gasteiger partial charge in [0.2, 0.25) is 10.0 Å². The summed E-state index contributed by atoms with van der Waals surface area (Å²) in [6, 6.07) is 7.82. The molecule has 4 nitrogen and oxygen atoms in total. The third kappa shape index (κ3) is 5.32. The van der Waals surface area contributed by atoms with E-state index >= 15 is 0 Å². The van der Waals surface area contributed by atoms with Crippen molar-refractivity contribution in [3.05, 3.63) is 29.8 Å². The number of rotatable bonds is 7. The van der Waals surface area contributed by atoms with Gasteiger partial charge in [0.1, 0.15) is 0 Å². The summed E-state index contributed by atoms with van der Waals surface area (Å²) in [7, 11) is -3.49. The predicted octanol–water partition coefficient (Wildman–Crippen LogP) is 3.05. The van der Waals surface area contributed by atoms with Gasteiger partial charge in [-0.1, -0.05) is 26.7 Å². The van der Waals surface area contributed by atoms with Crippen LogP contribution in [0.2, 0.25) is 0 Å². The summed E-state index contributed by atoms with van der Waals surface area (Å²) >= 11 is 0. The Morgan fingerprint density at radius 3 is 2.25 bits per heavy atom. The Morgan fingerprint density at radius 1 is 1.15 bits per heavy atom. The van der Waals surface area contributed by atoms with Crippen LogP contribution in [0.5, 0.6) is 0 Å². The second kappa shape index (κ2) is 7.41. The van der Waals surface area contributed by atoms with Crippen LogP contribution in [0.15, 0.2) is 29.2 Å². The number of hydrogen-bond acceptors (Lipinski definition) is 3. The number of hydrogen-bond donors (Lipinski definition) is 1. The highest BCUT2D eigenvalue weighted by molar-refractivity contribution is 7.89. The molecule has 0 fully saturated rings. The molecular formula is C15H22N2O2S. The van der Waals surface area contributed by atoms with E-state index in [0.29, 0.717) is 11.5 Å². The van der Waals surface area contributed by atoms with Crippen LogP contribution in [0.25, 0.3) is 0 Å². The van der Waals surface area contributed by atoms with Gasteiger partial charge in [0, 0.05) is 6.04 Å². The minimum absolute atomic E-state index is 0.0885.